The number of amides is 2. The third-order valence-electron chi connectivity index (χ3n) is 3.07. The predicted molar refractivity (Wildman–Crippen MR) is 69.1 cm³/mol. The van der Waals surface area contributed by atoms with Crippen LogP contribution in [0.15, 0.2) is 6.20 Å². The van der Waals surface area contributed by atoms with Crippen molar-refractivity contribution in [2.75, 3.05) is 0 Å². The van der Waals surface area contributed by atoms with Gasteiger partial charge in [0.2, 0.25) is 11.8 Å². The molecule has 2 heterocycles. The normalized spacial score (nSPS) is 23.1. The Morgan fingerprint density at radius 2 is 2.17 bits per heavy atom. The molecular weight excluding hydrogens is 250 g/mol. The van der Waals surface area contributed by atoms with Gasteiger partial charge in [0, 0.05) is 11.1 Å². The highest BCUT2D eigenvalue weighted by molar-refractivity contribution is 7.11. The number of piperazine rings is 1. The molecule has 1 N–H and O–H groups in total. The van der Waals surface area contributed by atoms with E-state index in [1.165, 1.54) is 0 Å². The third-order valence-corrected chi connectivity index (χ3v) is 3.97. The zero-order valence-corrected chi connectivity index (χ0v) is 11.8. The van der Waals surface area contributed by atoms with Gasteiger partial charge in [-0.3, -0.25) is 9.59 Å². The third kappa shape index (κ3) is 2.25. The second-order valence-corrected chi connectivity index (χ2v) is 6.39. The Balaban J connectivity index is 2.23. The van der Waals surface area contributed by atoms with Gasteiger partial charge in [-0.1, -0.05) is 0 Å². The summed E-state index contributed by atoms with van der Waals surface area (Å²) in [5, 5.41) is 3.70. The number of carbonyl (C=O) groups excluding carboxylic acids is 2. The van der Waals surface area contributed by atoms with E-state index in [0.29, 0.717) is 6.54 Å². The van der Waals surface area contributed by atoms with Crippen molar-refractivity contribution in [1.29, 1.82) is 0 Å². The van der Waals surface area contributed by atoms with Gasteiger partial charge in [0.15, 0.2) is 0 Å². The largest absolute Gasteiger partial charge is 0.340 e. The lowest BCUT2D eigenvalue weighted by molar-refractivity contribution is -0.153. The molecular formula is C12H17N3O2S. The zero-order valence-electron chi connectivity index (χ0n) is 11.0. The van der Waals surface area contributed by atoms with E-state index in [9.17, 15) is 9.59 Å². The van der Waals surface area contributed by atoms with Crippen molar-refractivity contribution in [2.45, 2.75) is 45.8 Å². The molecule has 98 valence electrons. The van der Waals surface area contributed by atoms with E-state index >= 15 is 0 Å². The first-order chi connectivity index (χ1) is 8.31. The van der Waals surface area contributed by atoms with Crippen molar-refractivity contribution < 1.29 is 9.59 Å². The fourth-order valence-corrected chi connectivity index (χ4v) is 2.79. The minimum absolute atomic E-state index is 0.0550. The van der Waals surface area contributed by atoms with Gasteiger partial charge in [0.1, 0.15) is 11.6 Å². The Morgan fingerprint density at radius 3 is 2.72 bits per heavy atom. The number of nitrogens with zero attached hydrogens (tertiary/aromatic N) is 2. The number of rotatable bonds is 2. The van der Waals surface area contributed by atoms with Crippen LogP contribution in [0.1, 0.15) is 30.7 Å². The summed E-state index contributed by atoms with van der Waals surface area (Å²) in [6.45, 7) is 7.57. The Labute approximate surface area is 110 Å². The molecule has 1 aromatic rings. The van der Waals surface area contributed by atoms with Gasteiger partial charge < -0.3 is 10.2 Å². The van der Waals surface area contributed by atoms with Crippen LogP contribution >= 0.6 is 11.3 Å². The lowest BCUT2D eigenvalue weighted by Crippen LogP contribution is -2.66. The quantitative estimate of drug-likeness (QED) is 0.872. The van der Waals surface area contributed by atoms with Crippen LogP contribution in [0, 0.1) is 6.92 Å². The molecule has 1 atom stereocenters. The van der Waals surface area contributed by atoms with Gasteiger partial charge in [-0.15, -0.1) is 11.3 Å². The Morgan fingerprint density at radius 1 is 1.50 bits per heavy atom. The Hall–Kier alpha value is -1.43. The molecule has 0 saturated carbocycles. The SMILES string of the molecule is Cc1ncc(CN2C(=O)C(C)(C)NC(=O)C2C)s1. The molecule has 1 aliphatic heterocycles. The van der Waals surface area contributed by atoms with Crippen molar-refractivity contribution >= 4 is 23.2 Å². The maximum atomic E-state index is 12.3. The summed E-state index contributed by atoms with van der Waals surface area (Å²) in [5.74, 6) is -0.165. The van der Waals surface area contributed by atoms with Crippen LogP contribution in [0.5, 0.6) is 0 Å². The number of thiazole rings is 1. The topological polar surface area (TPSA) is 62.3 Å². The number of nitrogens with one attached hydrogen (secondary N) is 1. The Kier molecular flexibility index (Phi) is 3.14. The van der Waals surface area contributed by atoms with Crippen LogP contribution in [-0.2, 0) is 16.1 Å². The summed E-state index contributed by atoms with van der Waals surface area (Å²) in [5.41, 5.74) is -0.830. The molecule has 2 rings (SSSR count). The molecule has 0 radical (unpaired) electrons. The molecule has 2 amide bonds. The fourth-order valence-electron chi connectivity index (χ4n) is 2.00. The lowest BCUT2D eigenvalue weighted by atomic mass is 9.97. The number of hydrogen-bond donors (Lipinski definition) is 1. The fraction of sp³-hybridized carbons (Fsp3) is 0.583. The van der Waals surface area contributed by atoms with Gasteiger partial charge in [-0.25, -0.2) is 4.98 Å². The minimum Gasteiger partial charge on any atom is -0.340 e. The van der Waals surface area contributed by atoms with Crippen LogP contribution in [0.2, 0.25) is 0 Å². The second kappa shape index (κ2) is 4.35. The molecule has 0 spiro atoms. The molecule has 1 saturated heterocycles. The summed E-state index contributed by atoms with van der Waals surface area (Å²) in [7, 11) is 0. The standard InChI is InChI=1S/C12H17N3O2S/c1-7-10(16)14-12(3,4)11(17)15(7)6-9-5-13-8(2)18-9/h5,7H,6H2,1-4H3,(H,14,16). The summed E-state index contributed by atoms with van der Waals surface area (Å²) >= 11 is 1.55. The highest BCUT2D eigenvalue weighted by Gasteiger charge is 2.43. The van der Waals surface area contributed by atoms with E-state index in [4.69, 9.17) is 0 Å². The van der Waals surface area contributed by atoms with Crippen molar-refractivity contribution in [2.24, 2.45) is 0 Å². The van der Waals surface area contributed by atoms with E-state index in [1.54, 1.807) is 43.2 Å². The molecule has 6 heteroatoms. The molecule has 1 aromatic heterocycles. The molecule has 0 aromatic carbocycles. The van der Waals surface area contributed by atoms with E-state index in [2.05, 4.69) is 10.3 Å². The summed E-state index contributed by atoms with van der Waals surface area (Å²) in [6, 6.07) is -0.437. The number of hydrogen-bond acceptors (Lipinski definition) is 4. The molecule has 5 nitrogen and oxygen atoms in total. The first-order valence-corrected chi connectivity index (χ1v) is 6.67. The van der Waals surface area contributed by atoms with E-state index in [-0.39, 0.29) is 11.8 Å². The van der Waals surface area contributed by atoms with Crippen LogP contribution < -0.4 is 5.32 Å². The molecule has 0 aliphatic carbocycles. The van der Waals surface area contributed by atoms with Crippen LogP contribution in [-0.4, -0.2) is 33.3 Å². The zero-order chi connectivity index (χ0) is 13.5. The van der Waals surface area contributed by atoms with Crippen molar-refractivity contribution in [3.05, 3.63) is 16.1 Å². The van der Waals surface area contributed by atoms with Crippen LogP contribution in [0.4, 0.5) is 0 Å². The second-order valence-electron chi connectivity index (χ2n) is 5.07. The predicted octanol–water partition coefficient (Wildman–Crippen LogP) is 1.08. The van der Waals surface area contributed by atoms with Crippen molar-refractivity contribution in [3.63, 3.8) is 0 Å². The van der Waals surface area contributed by atoms with Gasteiger partial charge in [0.05, 0.1) is 11.6 Å². The number of aryl methyl sites for hydroxylation is 1. The Bertz CT molecular complexity index is 495. The molecule has 0 bridgehead atoms. The first-order valence-electron chi connectivity index (χ1n) is 5.85. The summed E-state index contributed by atoms with van der Waals surface area (Å²) in [6.07, 6.45) is 1.76. The van der Waals surface area contributed by atoms with Crippen LogP contribution in [0.3, 0.4) is 0 Å². The summed E-state index contributed by atoms with van der Waals surface area (Å²) in [4.78, 5) is 30.9. The molecule has 1 unspecified atom stereocenters. The highest BCUT2D eigenvalue weighted by Crippen LogP contribution is 2.22. The first kappa shape index (κ1) is 13.0. The van der Waals surface area contributed by atoms with Crippen LogP contribution in [0.25, 0.3) is 0 Å². The van der Waals surface area contributed by atoms with Crippen molar-refractivity contribution in [3.8, 4) is 0 Å². The molecule has 1 fully saturated rings. The average molecular weight is 267 g/mol. The lowest BCUT2D eigenvalue weighted by Gasteiger charge is -2.41. The molecule has 1 aliphatic rings. The highest BCUT2D eigenvalue weighted by atomic mass is 32.1. The van der Waals surface area contributed by atoms with Crippen molar-refractivity contribution in [1.82, 2.24) is 15.2 Å². The maximum Gasteiger partial charge on any atom is 0.248 e. The maximum absolute atomic E-state index is 12.3. The van der Waals surface area contributed by atoms with Gasteiger partial charge in [-0.05, 0) is 27.7 Å². The van der Waals surface area contributed by atoms with E-state index in [0.717, 1.165) is 9.88 Å². The smallest absolute Gasteiger partial charge is 0.248 e. The summed E-state index contributed by atoms with van der Waals surface area (Å²) < 4.78 is 0. The van der Waals surface area contributed by atoms with Gasteiger partial charge >= 0.3 is 0 Å². The van der Waals surface area contributed by atoms with Gasteiger partial charge in [0.25, 0.3) is 0 Å². The molecule has 18 heavy (non-hydrogen) atoms. The average Bonchev–Trinajstić information content (AvgIpc) is 2.67. The minimum atomic E-state index is -0.830. The number of aromatic nitrogens is 1. The van der Waals surface area contributed by atoms with Gasteiger partial charge in [-0.2, -0.15) is 0 Å². The van der Waals surface area contributed by atoms with E-state index in [1.807, 2.05) is 6.92 Å². The van der Waals surface area contributed by atoms with E-state index < -0.39 is 11.6 Å². The monoisotopic (exact) mass is 267 g/mol. The number of carbonyl (C=O) groups is 2.